The van der Waals surface area contributed by atoms with Crippen LogP contribution in [0.25, 0.3) is 0 Å². The first-order chi connectivity index (χ1) is 15.7. The van der Waals surface area contributed by atoms with Gasteiger partial charge in [0, 0.05) is 25.7 Å². The van der Waals surface area contributed by atoms with Crippen LogP contribution in [0.2, 0.25) is 0 Å². The van der Waals surface area contributed by atoms with Gasteiger partial charge in [-0.05, 0) is 46.2 Å². The van der Waals surface area contributed by atoms with E-state index < -0.39 is 17.8 Å². The Morgan fingerprint density at radius 3 is 2.61 bits per heavy atom. The van der Waals surface area contributed by atoms with Crippen LogP contribution in [0.15, 0.2) is 0 Å². The normalized spacial score (nSPS) is 19.7. The zero-order valence-electron chi connectivity index (χ0n) is 19.7. The Labute approximate surface area is 194 Å². The number of likely N-dealkylation sites (N-methyl/N-ethyl adjacent to an activating group) is 1. The molecule has 33 heavy (non-hydrogen) atoms. The Hall–Kier alpha value is -2.69. The molecular weight excluding hydrogens is 429 g/mol. The summed E-state index contributed by atoms with van der Waals surface area (Å²) in [5, 5.41) is 11.3. The third-order valence-corrected chi connectivity index (χ3v) is 6.44. The predicted molar refractivity (Wildman–Crippen MR) is 124 cm³/mol. The number of aryl methyl sites for hydroxylation is 1. The summed E-state index contributed by atoms with van der Waals surface area (Å²) in [6.07, 6.45) is 5.66. The van der Waals surface area contributed by atoms with Crippen molar-refractivity contribution in [2.24, 2.45) is 11.8 Å². The van der Waals surface area contributed by atoms with Gasteiger partial charge in [0.15, 0.2) is 11.6 Å². The maximum Gasteiger partial charge on any atom is 0.404 e. The number of halogens is 1. The molecule has 1 saturated carbocycles. The molecule has 4 N–H and O–H groups in total. The van der Waals surface area contributed by atoms with Gasteiger partial charge in [-0.15, -0.1) is 0 Å². The molecule has 0 bridgehead atoms. The molecular formula is C22H36FN7O3. The number of nitrogens with zero attached hydrogens (tertiary/aromatic N) is 4. The summed E-state index contributed by atoms with van der Waals surface area (Å²) in [6.45, 7) is 3.20. The van der Waals surface area contributed by atoms with E-state index in [2.05, 4.69) is 31.0 Å². The molecule has 2 amide bonds. The molecule has 2 fully saturated rings. The SMILES string of the molecule is Cc1nc(NNC(=O)[C@@H](CNC(=O)O)CC2CCCC2)c(F)c(N2CCC[C@H]2CN(C)C)n1. The van der Waals surface area contributed by atoms with E-state index in [0.717, 1.165) is 45.1 Å². The van der Waals surface area contributed by atoms with E-state index >= 15 is 4.39 Å². The largest absolute Gasteiger partial charge is 0.465 e. The highest BCUT2D eigenvalue weighted by Gasteiger charge is 2.30. The number of rotatable bonds is 10. The third kappa shape index (κ3) is 6.89. The van der Waals surface area contributed by atoms with E-state index in [1.165, 1.54) is 0 Å². The second-order valence-corrected chi connectivity index (χ2v) is 9.39. The Balaban J connectivity index is 1.69. The summed E-state index contributed by atoms with van der Waals surface area (Å²) < 4.78 is 15.4. The minimum absolute atomic E-state index is 0.00980. The molecule has 10 nitrogen and oxygen atoms in total. The molecule has 11 heteroatoms. The number of hydrogen-bond donors (Lipinski definition) is 4. The average Bonchev–Trinajstić information content (AvgIpc) is 3.42. The second-order valence-electron chi connectivity index (χ2n) is 9.39. The van der Waals surface area contributed by atoms with E-state index in [-0.39, 0.29) is 30.1 Å². The van der Waals surface area contributed by atoms with Gasteiger partial charge in [0.25, 0.3) is 0 Å². The van der Waals surface area contributed by atoms with Gasteiger partial charge in [-0.25, -0.2) is 14.8 Å². The first-order valence-corrected chi connectivity index (χ1v) is 11.7. The maximum atomic E-state index is 15.4. The van der Waals surface area contributed by atoms with Crippen LogP contribution >= 0.6 is 0 Å². The minimum Gasteiger partial charge on any atom is -0.465 e. The lowest BCUT2D eigenvalue weighted by molar-refractivity contribution is -0.124. The van der Waals surface area contributed by atoms with Crippen molar-refractivity contribution in [3.8, 4) is 0 Å². The molecule has 2 atom stereocenters. The number of hydrazine groups is 1. The van der Waals surface area contributed by atoms with Gasteiger partial charge in [-0.2, -0.15) is 4.39 Å². The predicted octanol–water partition coefficient (Wildman–Crippen LogP) is 2.36. The van der Waals surface area contributed by atoms with Crippen molar-refractivity contribution in [3.63, 3.8) is 0 Å². The highest BCUT2D eigenvalue weighted by molar-refractivity contribution is 5.80. The quantitative estimate of drug-likeness (QED) is 0.389. The lowest BCUT2D eigenvalue weighted by atomic mass is 9.92. The number of anilines is 2. The number of carbonyl (C=O) groups excluding carboxylic acids is 1. The summed E-state index contributed by atoms with van der Waals surface area (Å²) in [5.74, 6) is -0.614. The summed E-state index contributed by atoms with van der Waals surface area (Å²) in [4.78, 5) is 36.3. The van der Waals surface area contributed by atoms with Crippen molar-refractivity contribution in [1.82, 2.24) is 25.6 Å². The molecule has 0 aromatic carbocycles. The first-order valence-electron chi connectivity index (χ1n) is 11.7. The fraction of sp³-hybridized carbons (Fsp3) is 0.727. The number of carbonyl (C=O) groups is 2. The van der Waals surface area contributed by atoms with E-state index in [4.69, 9.17) is 5.11 Å². The fourth-order valence-electron chi connectivity index (χ4n) is 4.91. The van der Waals surface area contributed by atoms with Crippen molar-refractivity contribution in [2.45, 2.75) is 57.9 Å². The second kappa shape index (κ2) is 11.4. The van der Waals surface area contributed by atoms with E-state index in [9.17, 15) is 9.59 Å². The molecule has 184 valence electrons. The van der Waals surface area contributed by atoms with Crippen LogP contribution in [0.5, 0.6) is 0 Å². The Kier molecular flexibility index (Phi) is 8.65. The van der Waals surface area contributed by atoms with Gasteiger partial charge >= 0.3 is 6.09 Å². The lowest BCUT2D eigenvalue weighted by Crippen LogP contribution is -2.42. The van der Waals surface area contributed by atoms with Crippen molar-refractivity contribution >= 4 is 23.6 Å². The van der Waals surface area contributed by atoms with Gasteiger partial charge in [0.2, 0.25) is 11.7 Å². The Bertz CT molecular complexity index is 832. The molecule has 1 aromatic rings. The molecule has 1 aliphatic carbocycles. The van der Waals surface area contributed by atoms with Crippen molar-refractivity contribution in [2.75, 3.05) is 44.1 Å². The van der Waals surface area contributed by atoms with Crippen molar-refractivity contribution in [1.29, 1.82) is 0 Å². The van der Waals surface area contributed by atoms with Crippen LogP contribution < -0.4 is 21.1 Å². The van der Waals surface area contributed by atoms with Crippen LogP contribution in [0.1, 0.15) is 50.8 Å². The van der Waals surface area contributed by atoms with Crippen LogP contribution in [-0.4, -0.2) is 71.7 Å². The molecule has 0 radical (unpaired) electrons. The topological polar surface area (TPSA) is 123 Å². The fourth-order valence-corrected chi connectivity index (χ4v) is 4.91. The van der Waals surface area contributed by atoms with E-state index in [1.807, 2.05) is 19.0 Å². The van der Waals surface area contributed by atoms with E-state index in [1.54, 1.807) is 6.92 Å². The molecule has 3 rings (SSSR count). The van der Waals surface area contributed by atoms with Crippen molar-refractivity contribution < 1.29 is 19.1 Å². The van der Waals surface area contributed by atoms with Crippen LogP contribution in [-0.2, 0) is 4.79 Å². The third-order valence-electron chi connectivity index (χ3n) is 6.44. The number of nitrogens with one attached hydrogen (secondary N) is 3. The highest BCUT2D eigenvalue weighted by atomic mass is 19.1. The molecule has 1 aliphatic heterocycles. The van der Waals surface area contributed by atoms with Crippen LogP contribution in [0, 0.1) is 24.6 Å². The van der Waals surface area contributed by atoms with Gasteiger partial charge in [-0.1, -0.05) is 25.7 Å². The summed E-state index contributed by atoms with van der Waals surface area (Å²) >= 11 is 0. The van der Waals surface area contributed by atoms with Gasteiger partial charge in [-0.3, -0.25) is 15.6 Å². The molecule has 2 aliphatic rings. The molecule has 0 unspecified atom stereocenters. The molecule has 1 aromatic heterocycles. The minimum atomic E-state index is -1.17. The van der Waals surface area contributed by atoms with Crippen LogP contribution in [0.3, 0.4) is 0 Å². The van der Waals surface area contributed by atoms with Gasteiger partial charge in [0.1, 0.15) is 5.82 Å². The van der Waals surface area contributed by atoms with Crippen molar-refractivity contribution in [3.05, 3.63) is 11.6 Å². The summed E-state index contributed by atoms with van der Waals surface area (Å²) in [5.41, 5.74) is 5.18. The zero-order chi connectivity index (χ0) is 24.0. The number of aromatic nitrogens is 2. The standard InChI is InChI=1S/C22H36FN7O3/c1-14-25-19(18(23)20(26-14)30-10-6-9-17(30)13-29(2)3)27-28-21(31)16(12-24-22(32)33)11-15-7-4-5-8-15/h15-17,24H,4-13H2,1-3H3,(H,28,31)(H,32,33)(H,25,26,27)/t16-,17+/m1/s1. The summed E-state index contributed by atoms with van der Waals surface area (Å²) in [7, 11) is 3.98. The van der Waals surface area contributed by atoms with Crippen LogP contribution in [0.4, 0.5) is 20.8 Å². The molecule has 2 heterocycles. The smallest absolute Gasteiger partial charge is 0.404 e. The zero-order valence-corrected chi connectivity index (χ0v) is 19.7. The lowest BCUT2D eigenvalue weighted by Gasteiger charge is -2.29. The number of hydrogen-bond acceptors (Lipinski definition) is 7. The van der Waals surface area contributed by atoms with Gasteiger partial charge < -0.3 is 20.2 Å². The van der Waals surface area contributed by atoms with E-state index in [0.29, 0.717) is 24.7 Å². The number of amides is 2. The maximum absolute atomic E-state index is 15.4. The Morgan fingerprint density at radius 2 is 1.94 bits per heavy atom. The monoisotopic (exact) mass is 465 g/mol. The highest BCUT2D eigenvalue weighted by Crippen LogP contribution is 2.31. The average molecular weight is 466 g/mol. The number of carboxylic acid groups (broad SMARTS) is 1. The Morgan fingerprint density at radius 1 is 1.21 bits per heavy atom. The summed E-state index contributed by atoms with van der Waals surface area (Å²) in [6, 6.07) is 0.157. The molecule has 1 saturated heterocycles. The van der Waals surface area contributed by atoms with Gasteiger partial charge in [0.05, 0.1) is 5.92 Å². The first kappa shape index (κ1) is 24.9. The molecule has 0 spiro atoms.